The van der Waals surface area contributed by atoms with Crippen LogP contribution in [0.25, 0.3) is 0 Å². The molecular formula is C11H11IN2O2. The Kier molecular flexibility index (Phi) is 3.66. The van der Waals surface area contributed by atoms with E-state index in [0.29, 0.717) is 6.61 Å². The van der Waals surface area contributed by atoms with E-state index in [1.807, 2.05) is 24.3 Å². The van der Waals surface area contributed by atoms with Crippen LogP contribution in [0.2, 0.25) is 0 Å². The van der Waals surface area contributed by atoms with Gasteiger partial charge in [-0.1, -0.05) is 12.1 Å². The van der Waals surface area contributed by atoms with Crippen molar-refractivity contribution in [1.82, 2.24) is 10.2 Å². The molecule has 0 saturated heterocycles. The topological polar surface area (TPSA) is 47.1 Å². The quantitative estimate of drug-likeness (QED) is 0.877. The molecule has 0 amide bonds. The summed E-state index contributed by atoms with van der Waals surface area (Å²) in [6.07, 6.45) is 1.67. The van der Waals surface area contributed by atoms with Gasteiger partial charge in [-0.05, 0) is 40.3 Å². The van der Waals surface area contributed by atoms with Crippen molar-refractivity contribution in [3.63, 3.8) is 0 Å². The second-order valence-corrected chi connectivity index (χ2v) is 4.26. The molecule has 5 heteroatoms. The Labute approximate surface area is 107 Å². The fourth-order valence-corrected chi connectivity index (χ4v) is 1.68. The van der Waals surface area contributed by atoms with Crippen LogP contribution in [0.5, 0.6) is 11.5 Å². The van der Waals surface area contributed by atoms with Crippen molar-refractivity contribution < 1.29 is 9.47 Å². The van der Waals surface area contributed by atoms with E-state index in [-0.39, 0.29) is 0 Å². The van der Waals surface area contributed by atoms with Gasteiger partial charge in [0, 0.05) is 0 Å². The Bertz CT molecular complexity index is 453. The van der Waals surface area contributed by atoms with Crippen LogP contribution in [0.1, 0.15) is 5.56 Å². The van der Waals surface area contributed by atoms with Crippen molar-refractivity contribution in [2.45, 2.75) is 6.61 Å². The van der Waals surface area contributed by atoms with E-state index < -0.39 is 0 Å². The van der Waals surface area contributed by atoms with E-state index in [2.05, 4.69) is 32.8 Å². The predicted molar refractivity (Wildman–Crippen MR) is 68.6 cm³/mol. The molecule has 2 rings (SSSR count). The lowest BCUT2D eigenvalue weighted by Crippen LogP contribution is -1.95. The highest BCUT2D eigenvalue weighted by Crippen LogP contribution is 2.19. The highest BCUT2D eigenvalue weighted by Gasteiger charge is 2.02. The van der Waals surface area contributed by atoms with Crippen LogP contribution in [-0.2, 0) is 6.61 Å². The first-order valence-electron chi connectivity index (χ1n) is 4.74. The first-order chi connectivity index (χ1) is 7.79. The Morgan fingerprint density at radius 3 is 2.62 bits per heavy atom. The summed E-state index contributed by atoms with van der Waals surface area (Å²) < 4.78 is 11.6. The third-order valence-corrected chi connectivity index (χ3v) is 2.89. The molecule has 16 heavy (non-hydrogen) atoms. The average Bonchev–Trinajstić information content (AvgIpc) is 2.73. The number of nitrogens with one attached hydrogen (secondary N) is 1. The Morgan fingerprint density at radius 2 is 2.06 bits per heavy atom. The molecule has 4 nitrogen and oxygen atoms in total. The van der Waals surface area contributed by atoms with Crippen molar-refractivity contribution in [1.29, 1.82) is 0 Å². The normalized spacial score (nSPS) is 10.1. The lowest BCUT2D eigenvalue weighted by atomic mass is 10.2. The Balaban J connectivity index is 1.97. The fraction of sp³-hybridized carbons (Fsp3) is 0.182. The molecule has 0 fully saturated rings. The number of methoxy groups -OCH3 is 1. The zero-order valence-electron chi connectivity index (χ0n) is 8.74. The van der Waals surface area contributed by atoms with Gasteiger partial charge >= 0.3 is 0 Å². The summed E-state index contributed by atoms with van der Waals surface area (Å²) in [6.45, 7) is 0.527. The molecule has 0 aliphatic carbocycles. The maximum Gasteiger partial charge on any atom is 0.170 e. The van der Waals surface area contributed by atoms with E-state index in [9.17, 15) is 0 Å². The van der Waals surface area contributed by atoms with Crippen LogP contribution < -0.4 is 9.47 Å². The van der Waals surface area contributed by atoms with Gasteiger partial charge < -0.3 is 9.47 Å². The molecule has 0 unspecified atom stereocenters. The molecule has 1 aromatic heterocycles. The molecule has 0 aliphatic rings. The summed E-state index contributed by atoms with van der Waals surface area (Å²) in [5, 5.41) is 6.70. The van der Waals surface area contributed by atoms with Gasteiger partial charge in [-0.15, -0.1) is 0 Å². The Hall–Kier alpha value is -1.24. The first-order valence-corrected chi connectivity index (χ1v) is 5.82. The zero-order valence-corrected chi connectivity index (χ0v) is 10.9. The number of aromatic amines is 1. The molecular weight excluding hydrogens is 319 g/mol. The van der Waals surface area contributed by atoms with Crippen LogP contribution >= 0.6 is 22.6 Å². The van der Waals surface area contributed by atoms with Gasteiger partial charge in [-0.2, -0.15) is 5.10 Å². The summed E-state index contributed by atoms with van der Waals surface area (Å²) in [7, 11) is 1.65. The monoisotopic (exact) mass is 330 g/mol. The second kappa shape index (κ2) is 5.20. The largest absolute Gasteiger partial charge is 0.497 e. The minimum Gasteiger partial charge on any atom is -0.497 e. The highest BCUT2D eigenvalue weighted by molar-refractivity contribution is 14.1. The number of H-pyrrole nitrogens is 1. The molecule has 0 saturated carbocycles. The van der Waals surface area contributed by atoms with Gasteiger partial charge in [0.25, 0.3) is 0 Å². The van der Waals surface area contributed by atoms with Gasteiger partial charge in [0.15, 0.2) is 5.75 Å². The Morgan fingerprint density at radius 1 is 1.31 bits per heavy atom. The minimum absolute atomic E-state index is 0.527. The summed E-state index contributed by atoms with van der Waals surface area (Å²) in [5.74, 6) is 1.62. The van der Waals surface area contributed by atoms with E-state index in [1.54, 1.807) is 13.3 Å². The maximum absolute atomic E-state index is 5.59. The number of ether oxygens (including phenoxy) is 2. The molecule has 0 atom stereocenters. The van der Waals surface area contributed by atoms with Crippen molar-refractivity contribution in [3.05, 3.63) is 39.7 Å². The van der Waals surface area contributed by atoms with Gasteiger partial charge in [-0.25, -0.2) is 0 Å². The number of nitrogens with zero attached hydrogens (tertiary/aromatic N) is 1. The summed E-state index contributed by atoms with van der Waals surface area (Å²) in [5.41, 5.74) is 1.10. The predicted octanol–water partition coefficient (Wildman–Crippen LogP) is 2.60. The van der Waals surface area contributed by atoms with E-state index in [1.165, 1.54) is 0 Å². The smallest absolute Gasteiger partial charge is 0.170 e. The lowest BCUT2D eigenvalue weighted by molar-refractivity contribution is 0.304. The zero-order chi connectivity index (χ0) is 11.4. The summed E-state index contributed by atoms with van der Waals surface area (Å²) in [4.78, 5) is 0. The third kappa shape index (κ3) is 2.66. The van der Waals surface area contributed by atoms with Gasteiger partial charge in [0.05, 0.1) is 13.3 Å². The van der Waals surface area contributed by atoms with Crippen molar-refractivity contribution in [2.24, 2.45) is 0 Å². The molecule has 1 aromatic carbocycles. The van der Waals surface area contributed by atoms with Gasteiger partial charge in [0.1, 0.15) is 16.1 Å². The SMILES string of the molecule is COc1ccc(COc2cn[nH]c2I)cc1. The molecule has 0 spiro atoms. The maximum atomic E-state index is 5.59. The van der Waals surface area contributed by atoms with Crippen LogP contribution in [0, 0.1) is 3.70 Å². The van der Waals surface area contributed by atoms with Crippen LogP contribution in [-0.4, -0.2) is 17.3 Å². The van der Waals surface area contributed by atoms with Crippen LogP contribution in [0.4, 0.5) is 0 Å². The average molecular weight is 330 g/mol. The van der Waals surface area contributed by atoms with Gasteiger partial charge in [-0.3, -0.25) is 5.10 Å². The molecule has 0 bridgehead atoms. The molecule has 2 aromatic rings. The minimum atomic E-state index is 0.527. The summed E-state index contributed by atoms with van der Waals surface area (Å²) in [6, 6.07) is 7.79. The molecule has 1 heterocycles. The van der Waals surface area contributed by atoms with Crippen molar-refractivity contribution in [2.75, 3.05) is 7.11 Å². The molecule has 0 radical (unpaired) electrons. The van der Waals surface area contributed by atoms with E-state index >= 15 is 0 Å². The second-order valence-electron chi connectivity index (χ2n) is 3.18. The standard InChI is InChI=1S/C11H11IN2O2/c1-15-9-4-2-8(3-5-9)7-16-10-6-13-14-11(10)12/h2-6H,7H2,1H3,(H,13,14). The summed E-state index contributed by atoms with van der Waals surface area (Å²) >= 11 is 2.15. The lowest BCUT2D eigenvalue weighted by Gasteiger charge is -2.05. The van der Waals surface area contributed by atoms with Gasteiger partial charge in [0.2, 0.25) is 0 Å². The van der Waals surface area contributed by atoms with Crippen molar-refractivity contribution >= 4 is 22.6 Å². The van der Waals surface area contributed by atoms with Crippen LogP contribution in [0.15, 0.2) is 30.5 Å². The fourth-order valence-electron chi connectivity index (χ4n) is 1.24. The number of halogens is 1. The van der Waals surface area contributed by atoms with Crippen molar-refractivity contribution in [3.8, 4) is 11.5 Å². The number of benzene rings is 1. The molecule has 0 aliphatic heterocycles. The highest BCUT2D eigenvalue weighted by atomic mass is 127. The van der Waals surface area contributed by atoms with E-state index in [4.69, 9.17) is 9.47 Å². The number of rotatable bonds is 4. The van der Waals surface area contributed by atoms with E-state index in [0.717, 1.165) is 20.8 Å². The number of hydrogen-bond donors (Lipinski definition) is 1. The molecule has 1 N–H and O–H groups in total. The first kappa shape index (κ1) is 11.3. The number of aromatic nitrogens is 2. The van der Waals surface area contributed by atoms with Crippen LogP contribution in [0.3, 0.4) is 0 Å². The molecule has 84 valence electrons. The number of hydrogen-bond acceptors (Lipinski definition) is 3. The third-order valence-electron chi connectivity index (χ3n) is 2.11.